The van der Waals surface area contributed by atoms with E-state index in [1.165, 1.54) is 5.69 Å². The smallest absolute Gasteiger partial charge is 0.237 e. The number of carbonyl (C=O) groups excluding carboxylic acids is 1. The van der Waals surface area contributed by atoms with Gasteiger partial charge >= 0.3 is 0 Å². The highest BCUT2D eigenvalue weighted by Gasteiger charge is 2.16. The Hall–Kier alpha value is -1.98. The summed E-state index contributed by atoms with van der Waals surface area (Å²) in [5, 5.41) is 2.87. The number of nitrogens with zero attached hydrogens (tertiary/aromatic N) is 2. The first kappa shape index (κ1) is 17.8. The summed E-state index contributed by atoms with van der Waals surface area (Å²) >= 11 is 1.57. The zero-order chi connectivity index (χ0) is 17.6. The summed E-state index contributed by atoms with van der Waals surface area (Å²) in [6.07, 6.45) is 0. The summed E-state index contributed by atoms with van der Waals surface area (Å²) in [4.78, 5) is 18.2. The lowest BCUT2D eigenvalue weighted by atomic mass is 10.2. The average Bonchev–Trinajstić information content (AvgIpc) is 2.64. The van der Waals surface area contributed by atoms with E-state index in [2.05, 4.69) is 34.3 Å². The second-order valence-electron chi connectivity index (χ2n) is 6.40. The minimum atomic E-state index is -0.139. The second kappa shape index (κ2) is 8.41. The first-order valence-electron chi connectivity index (χ1n) is 8.68. The van der Waals surface area contributed by atoms with Crippen LogP contribution in [-0.4, -0.2) is 49.3 Å². The maximum Gasteiger partial charge on any atom is 0.237 e. The minimum absolute atomic E-state index is 0.0289. The Morgan fingerprint density at radius 1 is 1.00 bits per heavy atom. The van der Waals surface area contributed by atoms with Gasteiger partial charge in [0.1, 0.15) is 0 Å². The van der Waals surface area contributed by atoms with E-state index in [-0.39, 0.29) is 11.2 Å². The highest BCUT2D eigenvalue weighted by molar-refractivity contribution is 8.00. The predicted octanol–water partition coefficient (Wildman–Crippen LogP) is 3.56. The topological polar surface area (TPSA) is 35.6 Å². The lowest BCUT2D eigenvalue weighted by Gasteiger charge is -2.34. The lowest BCUT2D eigenvalue weighted by molar-refractivity contribution is -0.115. The monoisotopic (exact) mass is 355 g/mol. The van der Waals surface area contributed by atoms with Gasteiger partial charge in [0, 0.05) is 42.4 Å². The van der Waals surface area contributed by atoms with Crippen LogP contribution in [0.4, 0.5) is 11.4 Å². The Bertz CT molecular complexity index is 682. The van der Waals surface area contributed by atoms with Crippen LogP contribution in [0.2, 0.25) is 0 Å². The normalized spacial score (nSPS) is 16.5. The molecule has 4 nitrogen and oxygen atoms in total. The second-order valence-corrected chi connectivity index (χ2v) is 7.81. The maximum absolute atomic E-state index is 12.4. The number of amides is 1. The fourth-order valence-electron chi connectivity index (χ4n) is 2.82. The number of carbonyl (C=O) groups is 1. The molecule has 0 radical (unpaired) electrons. The number of benzene rings is 2. The fraction of sp³-hybridized carbons (Fsp3) is 0.350. The first-order chi connectivity index (χ1) is 12.1. The van der Waals surface area contributed by atoms with Crippen LogP contribution in [0.15, 0.2) is 59.5 Å². The molecule has 5 heteroatoms. The molecule has 1 saturated heterocycles. The van der Waals surface area contributed by atoms with Gasteiger partial charge in [-0.15, -0.1) is 11.8 Å². The van der Waals surface area contributed by atoms with Gasteiger partial charge in [-0.1, -0.05) is 18.2 Å². The molecule has 1 atom stereocenters. The highest BCUT2D eigenvalue weighted by Crippen LogP contribution is 2.24. The Morgan fingerprint density at radius 3 is 2.28 bits per heavy atom. The van der Waals surface area contributed by atoms with Gasteiger partial charge in [-0.25, -0.2) is 0 Å². The number of likely N-dealkylation sites (N-methyl/N-ethyl adjacent to an activating group) is 1. The van der Waals surface area contributed by atoms with E-state index in [0.717, 1.165) is 36.8 Å². The zero-order valence-electron chi connectivity index (χ0n) is 14.8. The van der Waals surface area contributed by atoms with Crippen molar-refractivity contribution in [3.63, 3.8) is 0 Å². The van der Waals surface area contributed by atoms with Crippen LogP contribution in [0, 0.1) is 0 Å². The number of hydrogen-bond acceptors (Lipinski definition) is 4. The molecular formula is C20H25N3OS. The first-order valence-corrected chi connectivity index (χ1v) is 9.56. The van der Waals surface area contributed by atoms with Crippen molar-refractivity contribution >= 4 is 29.0 Å². The minimum Gasteiger partial charge on any atom is -0.369 e. The average molecular weight is 356 g/mol. The van der Waals surface area contributed by atoms with Gasteiger partial charge < -0.3 is 15.1 Å². The Labute approximate surface area is 154 Å². The molecule has 1 aliphatic rings. The molecule has 0 aliphatic carbocycles. The quantitative estimate of drug-likeness (QED) is 0.832. The molecule has 0 unspecified atom stereocenters. The van der Waals surface area contributed by atoms with E-state index in [4.69, 9.17) is 0 Å². The van der Waals surface area contributed by atoms with Crippen LogP contribution < -0.4 is 10.2 Å². The standard InChI is InChI=1S/C20H25N3OS/c1-16(25-19-6-4-3-5-7-19)20(24)21-17-8-10-18(11-9-17)23-14-12-22(2)13-15-23/h3-11,16H,12-15H2,1-2H3,(H,21,24)/t16-/m1/s1. The molecule has 2 aromatic rings. The highest BCUT2D eigenvalue weighted by atomic mass is 32.2. The third-order valence-corrected chi connectivity index (χ3v) is 5.54. The van der Waals surface area contributed by atoms with Crippen LogP contribution in [0.1, 0.15) is 6.92 Å². The van der Waals surface area contributed by atoms with Gasteiger partial charge in [-0.05, 0) is 50.4 Å². The Kier molecular flexibility index (Phi) is 6.00. The van der Waals surface area contributed by atoms with E-state index < -0.39 is 0 Å². The summed E-state index contributed by atoms with van der Waals surface area (Å²) < 4.78 is 0. The van der Waals surface area contributed by atoms with Crippen LogP contribution in [0.5, 0.6) is 0 Å². The summed E-state index contributed by atoms with van der Waals surface area (Å²) in [5.74, 6) is 0.0289. The molecule has 3 rings (SSSR count). The van der Waals surface area contributed by atoms with Gasteiger partial charge in [0.2, 0.25) is 5.91 Å². The molecule has 1 aliphatic heterocycles. The fourth-order valence-corrected chi connectivity index (χ4v) is 3.71. The molecule has 0 aromatic heterocycles. The molecule has 25 heavy (non-hydrogen) atoms. The van der Waals surface area contributed by atoms with Crippen molar-refractivity contribution in [1.29, 1.82) is 0 Å². The molecular weight excluding hydrogens is 330 g/mol. The van der Waals surface area contributed by atoms with E-state index in [1.54, 1.807) is 11.8 Å². The molecule has 0 spiro atoms. The summed E-state index contributed by atoms with van der Waals surface area (Å²) in [6.45, 7) is 6.21. The predicted molar refractivity (Wildman–Crippen MR) is 107 cm³/mol. The van der Waals surface area contributed by atoms with Crippen LogP contribution in [0.25, 0.3) is 0 Å². The molecule has 1 fully saturated rings. The summed E-state index contributed by atoms with van der Waals surface area (Å²) in [7, 11) is 2.16. The molecule has 132 valence electrons. The molecule has 1 heterocycles. The molecule has 0 bridgehead atoms. The number of thioether (sulfide) groups is 1. The van der Waals surface area contributed by atoms with Crippen molar-refractivity contribution in [3.8, 4) is 0 Å². The van der Waals surface area contributed by atoms with E-state index >= 15 is 0 Å². The van der Waals surface area contributed by atoms with E-state index in [9.17, 15) is 4.79 Å². The van der Waals surface area contributed by atoms with Crippen molar-refractivity contribution in [2.24, 2.45) is 0 Å². The lowest BCUT2D eigenvalue weighted by Crippen LogP contribution is -2.44. The number of nitrogens with one attached hydrogen (secondary N) is 1. The van der Waals surface area contributed by atoms with Crippen molar-refractivity contribution in [3.05, 3.63) is 54.6 Å². The molecule has 2 aromatic carbocycles. The van der Waals surface area contributed by atoms with E-state index in [0.29, 0.717) is 0 Å². The van der Waals surface area contributed by atoms with Gasteiger partial charge in [0.25, 0.3) is 0 Å². The van der Waals surface area contributed by atoms with Crippen molar-refractivity contribution in [2.45, 2.75) is 17.1 Å². The van der Waals surface area contributed by atoms with Crippen molar-refractivity contribution in [2.75, 3.05) is 43.4 Å². The Morgan fingerprint density at radius 2 is 1.64 bits per heavy atom. The molecule has 1 amide bonds. The summed E-state index contributed by atoms with van der Waals surface area (Å²) in [6, 6.07) is 18.2. The van der Waals surface area contributed by atoms with E-state index in [1.807, 2.05) is 49.4 Å². The third kappa shape index (κ3) is 5.00. The number of hydrogen-bond donors (Lipinski definition) is 1. The van der Waals surface area contributed by atoms with Crippen LogP contribution in [-0.2, 0) is 4.79 Å². The van der Waals surface area contributed by atoms with Crippen LogP contribution in [0.3, 0.4) is 0 Å². The number of rotatable bonds is 5. The Balaban J connectivity index is 1.54. The molecule has 0 saturated carbocycles. The third-order valence-electron chi connectivity index (χ3n) is 4.43. The summed E-state index contributed by atoms with van der Waals surface area (Å²) in [5.41, 5.74) is 2.07. The van der Waals surface area contributed by atoms with Crippen LogP contribution >= 0.6 is 11.8 Å². The zero-order valence-corrected chi connectivity index (χ0v) is 15.6. The van der Waals surface area contributed by atoms with Gasteiger partial charge in [-0.3, -0.25) is 4.79 Å². The maximum atomic E-state index is 12.4. The van der Waals surface area contributed by atoms with Gasteiger partial charge in [0.05, 0.1) is 5.25 Å². The van der Waals surface area contributed by atoms with Crippen molar-refractivity contribution < 1.29 is 4.79 Å². The molecule has 1 N–H and O–H groups in total. The largest absolute Gasteiger partial charge is 0.369 e. The van der Waals surface area contributed by atoms with Gasteiger partial charge in [0.15, 0.2) is 0 Å². The van der Waals surface area contributed by atoms with Crippen molar-refractivity contribution in [1.82, 2.24) is 4.90 Å². The van der Waals surface area contributed by atoms with Gasteiger partial charge in [-0.2, -0.15) is 0 Å². The number of piperazine rings is 1. The number of anilines is 2. The SMILES string of the molecule is C[C@@H](Sc1ccccc1)C(=O)Nc1ccc(N2CCN(C)CC2)cc1.